The molecule has 0 aliphatic heterocycles. The van der Waals surface area contributed by atoms with Crippen molar-refractivity contribution in [1.82, 2.24) is 0 Å². The summed E-state index contributed by atoms with van der Waals surface area (Å²) in [7, 11) is -4.06. The standard InChI is InChI=1S/C18H30O3S.3C4H9.Sn/c1-2-3-4-5-6-7-8-9-10-11-12-17-13-15-18(16-14-17)22(19,20)21;3*1-3-4-2;/h13-16H,2-12H2,1H3,(H,19,20,21);3*1,3-4H2,2H3;. The molecule has 3 nitrogen and oxygen atoms in total. The van der Waals surface area contributed by atoms with Crippen molar-refractivity contribution in [2.24, 2.45) is 0 Å². The number of aryl methyl sites for hydroxylation is 1. The summed E-state index contributed by atoms with van der Waals surface area (Å²) < 4.78 is 35.8. The van der Waals surface area contributed by atoms with E-state index in [1.54, 1.807) is 25.4 Å². The summed E-state index contributed by atoms with van der Waals surface area (Å²) in [5.74, 6) is 0. The fourth-order valence-electron chi connectivity index (χ4n) is 4.30. The molecule has 0 spiro atoms. The van der Waals surface area contributed by atoms with E-state index in [0.717, 1.165) is 18.4 Å². The third-order valence-electron chi connectivity index (χ3n) is 6.69. The average Bonchev–Trinajstić information content (AvgIpc) is 2.85. The topological polar surface area (TPSA) is 54.4 Å². The Morgan fingerprint density at radius 3 is 1.31 bits per heavy atom. The molecule has 205 valence electrons. The van der Waals surface area contributed by atoms with Crippen LogP contribution in [0, 0.1) is 0 Å². The second kappa shape index (κ2) is 24.3. The van der Waals surface area contributed by atoms with Gasteiger partial charge in [0, 0.05) is 0 Å². The fraction of sp³-hybridized carbons (Fsp3) is 0.800. The van der Waals surface area contributed by atoms with Gasteiger partial charge in [0.1, 0.15) is 0 Å². The zero-order valence-electron chi connectivity index (χ0n) is 23.6. The fourth-order valence-corrected chi connectivity index (χ4v) is 14.2. The molecule has 0 saturated carbocycles. The molecule has 35 heavy (non-hydrogen) atoms. The normalized spacial score (nSPS) is 11.5. The molecule has 1 rings (SSSR count). The van der Waals surface area contributed by atoms with Crippen molar-refractivity contribution in [2.45, 2.75) is 155 Å². The van der Waals surface area contributed by atoms with Gasteiger partial charge < -0.3 is 0 Å². The Kier molecular flexibility index (Phi) is 24.2. The molecule has 5 heteroatoms. The van der Waals surface area contributed by atoms with Gasteiger partial charge in [-0.1, -0.05) is 76.8 Å². The van der Waals surface area contributed by atoms with Crippen molar-refractivity contribution in [3.8, 4) is 0 Å². The van der Waals surface area contributed by atoms with Crippen molar-refractivity contribution in [3.63, 3.8) is 0 Å². The first-order valence-electron chi connectivity index (χ1n) is 14.8. The summed E-state index contributed by atoms with van der Waals surface area (Å²) in [5.41, 5.74) is 1.13. The maximum atomic E-state index is 10.9. The van der Waals surface area contributed by atoms with Gasteiger partial charge >= 0.3 is 92.4 Å². The molecule has 0 bridgehead atoms. The molecule has 1 N–H and O–H groups in total. The first kappa shape index (κ1) is 34.9. The van der Waals surface area contributed by atoms with E-state index >= 15 is 0 Å². The average molecular weight is 617 g/mol. The van der Waals surface area contributed by atoms with Gasteiger partial charge in [0.25, 0.3) is 10.1 Å². The van der Waals surface area contributed by atoms with Crippen molar-refractivity contribution in [1.29, 1.82) is 0 Å². The zero-order valence-corrected chi connectivity index (χ0v) is 27.3. The number of unbranched alkanes of at least 4 members (excludes halogenated alkanes) is 12. The monoisotopic (exact) mass is 617 g/mol. The molecule has 0 saturated heterocycles. The summed E-state index contributed by atoms with van der Waals surface area (Å²) in [6, 6.07) is 6.52. The number of benzene rings is 1. The Balaban J connectivity index is 0.000000761. The van der Waals surface area contributed by atoms with Crippen LogP contribution >= 0.6 is 0 Å². The molecule has 0 aromatic heterocycles. The molecule has 0 aliphatic rings. The van der Waals surface area contributed by atoms with Gasteiger partial charge in [0.2, 0.25) is 0 Å². The van der Waals surface area contributed by atoms with Gasteiger partial charge in [-0.2, -0.15) is 8.42 Å². The van der Waals surface area contributed by atoms with Gasteiger partial charge in [0.05, 0.1) is 4.90 Å². The molecule has 0 amide bonds. The van der Waals surface area contributed by atoms with Crippen LogP contribution in [0.3, 0.4) is 0 Å². The predicted molar refractivity (Wildman–Crippen MR) is 157 cm³/mol. The molecule has 0 atom stereocenters. The zero-order chi connectivity index (χ0) is 26.2. The van der Waals surface area contributed by atoms with Crippen LogP contribution in [0.15, 0.2) is 29.2 Å². The van der Waals surface area contributed by atoms with Crippen LogP contribution in [0.1, 0.15) is 136 Å². The Bertz CT molecular complexity index is 654. The molecule has 0 aliphatic carbocycles. The first-order chi connectivity index (χ1) is 16.9. The van der Waals surface area contributed by atoms with Gasteiger partial charge in [0.15, 0.2) is 0 Å². The number of hydrogen-bond donors (Lipinski definition) is 1. The van der Waals surface area contributed by atoms with Crippen molar-refractivity contribution >= 4 is 29.9 Å². The van der Waals surface area contributed by atoms with E-state index in [1.807, 2.05) is 0 Å². The summed E-state index contributed by atoms with van der Waals surface area (Å²) in [6.45, 7) is 9.25. The Labute approximate surface area is 226 Å². The molecular formula is C30H57O3SSn. The van der Waals surface area contributed by atoms with E-state index in [9.17, 15) is 8.42 Å². The summed E-state index contributed by atoms with van der Waals surface area (Å²) in [6.07, 6.45) is 23.0. The van der Waals surface area contributed by atoms with E-state index in [2.05, 4.69) is 27.7 Å². The molecular weight excluding hydrogens is 559 g/mol. The van der Waals surface area contributed by atoms with Gasteiger partial charge in [-0.15, -0.1) is 0 Å². The van der Waals surface area contributed by atoms with Gasteiger partial charge in [-0.25, -0.2) is 0 Å². The minimum atomic E-state index is -4.06. The molecule has 1 aromatic carbocycles. The Morgan fingerprint density at radius 2 is 0.943 bits per heavy atom. The van der Waals surface area contributed by atoms with E-state index in [0.29, 0.717) is 0 Å². The van der Waals surface area contributed by atoms with E-state index in [-0.39, 0.29) is 4.90 Å². The van der Waals surface area contributed by atoms with Crippen LogP contribution in [-0.4, -0.2) is 32.7 Å². The second-order valence-corrected chi connectivity index (χ2v) is 20.1. The Morgan fingerprint density at radius 1 is 0.571 bits per heavy atom. The predicted octanol–water partition coefficient (Wildman–Crippen LogP) is 10.3. The summed E-state index contributed by atoms with van der Waals surface area (Å²) >= 11 is -0.839. The first-order valence-corrected chi connectivity index (χ1v) is 22.3. The van der Waals surface area contributed by atoms with E-state index in [1.165, 1.54) is 108 Å². The van der Waals surface area contributed by atoms with Crippen LogP contribution in [-0.2, 0) is 16.5 Å². The van der Waals surface area contributed by atoms with Crippen LogP contribution in [0.25, 0.3) is 0 Å². The Hall–Kier alpha value is -0.0713. The molecule has 0 fully saturated rings. The van der Waals surface area contributed by atoms with Crippen LogP contribution in [0.4, 0.5) is 0 Å². The third kappa shape index (κ3) is 21.7. The van der Waals surface area contributed by atoms with E-state index in [4.69, 9.17) is 4.55 Å². The SMILES string of the molecule is CCCCCCCCCCCCc1ccc(S(=O)(=O)O)cc1.CCC[CH2][Sn]([CH2]CCC)[CH2]CCC. The van der Waals surface area contributed by atoms with Crippen molar-refractivity contribution < 1.29 is 13.0 Å². The molecule has 0 heterocycles. The quantitative estimate of drug-likeness (QED) is 0.0850. The van der Waals surface area contributed by atoms with Crippen LogP contribution in [0.5, 0.6) is 0 Å². The summed E-state index contributed by atoms with van der Waals surface area (Å²) in [4.78, 5) is -0.0284. The maximum absolute atomic E-state index is 10.9. The van der Waals surface area contributed by atoms with E-state index < -0.39 is 29.9 Å². The summed E-state index contributed by atoms with van der Waals surface area (Å²) in [5, 5.41) is 0. The van der Waals surface area contributed by atoms with Crippen LogP contribution in [0.2, 0.25) is 13.3 Å². The number of hydrogen-bond acceptors (Lipinski definition) is 2. The molecule has 1 radical (unpaired) electrons. The third-order valence-corrected chi connectivity index (χ3v) is 16.6. The van der Waals surface area contributed by atoms with Crippen molar-refractivity contribution in [3.05, 3.63) is 29.8 Å². The van der Waals surface area contributed by atoms with Gasteiger partial charge in [-0.3, -0.25) is 4.55 Å². The van der Waals surface area contributed by atoms with Gasteiger partial charge in [-0.05, 0) is 30.5 Å². The number of rotatable bonds is 21. The minimum absolute atomic E-state index is 0.0284. The molecule has 0 unspecified atom stereocenters. The van der Waals surface area contributed by atoms with Crippen molar-refractivity contribution in [2.75, 3.05) is 0 Å². The molecule has 1 aromatic rings. The van der Waals surface area contributed by atoms with Crippen LogP contribution < -0.4 is 0 Å². The second-order valence-electron chi connectivity index (χ2n) is 10.1.